The minimum absolute atomic E-state index is 0.00764. The molecule has 3 aromatic rings. The molecule has 2 heterocycles. The molecule has 0 aliphatic heterocycles. The van der Waals surface area contributed by atoms with E-state index in [2.05, 4.69) is 25.8 Å². The summed E-state index contributed by atoms with van der Waals surface area (Å²) in [6, 6.07) is 7.24. The Morgan fingerprint density at radius 1 is 1.33 bits per heavy atom. The number of carbonyl (C=O) groups is 1. The maximum atomic E-state index is 13.3. The van der Waals surface area contributed by atoms with E-state index >= 15 is 0 Å². The number of thiophene rings is 1. The van der Waals surface area contributed by atoms with Crippen LogP contribution in [0.2, 0.25) is 0 Å². The third-order valence-electron chi connectivity index (χ3n) is 6.05. The summed E-state index contributed by atoms with van der Waals surface area (Å²) in [5.74, 6) is 0.284. The molecule has 0 unspecified atom stereocenters. The highest BCUT2D eigenvalue weighted by molar-refractivity contribution is 7.18. The molecule has 6 heteroatoms. The first kappa shape index (κ1) is 20.8. The van der Waals surface area contributed by atoms with Gasteiger partial charge < -0.3 is 4.74 Å². The second-order valence-electron chi connectivity index (χ2n) is 9.09. The van der Waals surface area contributed by atoms with Crippen LogP contribution >= 0.6 is 11.3 Å². The smallest absolute Gasteiger partial charge is 0.338 e. The van der Waals surface area contributed by atoms with Gasteiger partial charge in [-0.3, -0.25) is 9.36 Å². The maximum Gasteiger partial charge on any atom is 0.338 e. The van der Waals surface area contributed by atoms with Gasteiger partial charge in [0.15, 0.2) is 0 Å². The van der Waals surface area contributed by atoms with Crippen LogP contribution in [0.1, 0.15) is 60.5 Å². The first-order chi connectivity index (χ1) is 14.3. The largest absolute Gasteiger partial charge is 0.462 e. The molecule has 1 atom stereocenters. The van der Waals surface area contributed by atoms with Gasteiger partial charge >= 0.3 is 5.97 Å². The third kappa shape index (κ3) is 3.93. The van der Waals surface area contributed by atoms with Crippen LogP contribution in [0.5, 0.6) is 0 Å². The molecule has 0 saturated carbocycles. The van der Waals surface area contributed by atoms with E-state index in [-0.39, 0.29) is 16.9 Å². The summed E-state index contributed by atoms with van der Waals surface area (Å²) in [6.45, 7) is 9.39. The van der Waals surface area contributed by atoms with Crippen LogP contribution in [0.3, 0.4) is 0 Å². The molecule has 0 saturated heterocycles. The number of hydrogen-bond donors (Lipinski definition) is 0. The minimum Gasteiger partial charge on any atom is -0.462 e. The van der Waals surface area contributed by atoms with Crippen LogP contribution in [0.15, 0.2) is 35.4 Å². The van der Waals surface area contributed by atoms with Crippen LogP contribution in [0.25, 0.3) is 10.2 Å². The summed E-state index contributed by atoms with van der Waals surface area (Å²) in [4.78, 5) is 32.1. The van der Waals surface area contributed by atoms with Crippen molar-refractivity contribution >= 4 is 27.5 Å². The van der Waals surface area contributed by atoms with E-state index in [0.717, 1.165) is 35.0 Å². The summed E-state index contributed by atoms with van der Waals surface area (Å²) in [5, 5.41) is 0.784. The number of nitrogens with zero attached hydrogens (tertiary/aromatic N) is 2. The lowest BCUT2D eigenvalue weighted by Crippen LogP contribution is -2.27. The average Bonchev–Trinajstić information content (AvgIpc) is 3.08. The predicted molar refractivity (Wildman–Crippen MR) is 120 cm³/mol. The van der Waals surface area contributed by atoms with Crippen molar-refractivity contribution in [2.75, 3.05) is 6.61 Å². The molecule has 1 aliphatic carbocycles. The van der Waals surface area contributed by atoms with Crippen molar-refractivity contribution in [3.05, 3.63) is 62.5 Å². The van der Waals surface area contributed by atoms with Crippen molar-refractivity contribution in [1.29, 1.82) is 0 Å². The van der Waals surface area contributed by atoms with E-state index in [1.165, 1.54) is 10.4 Å². The second kappa shape index (κ2) is 7.99. The van der Waals surface area contributed by atoms with E-state index in [1.54, 1.807) is 41.3 Å². The number of carbonyl (C=O) groups excluding carboxylic acids is 1. The zero-order valence-corrected chi connectivity index (χ0v) is 18.8. The summed E-state index contributed by atoms with van der Waals surface area (Å²) < 4.78 is 6.73. The second-order valence-corrected chi connectivity index (χ2v) is 10.2. The molecule has 0 spiro atoms. The highest BCUT2D eigenvalue weighted by atomic mass is 32.1. The lowest BCUT2D eigenvalue weighted by molar-refractivity contribution is 0.0526. The quantitative estimate of drug-likeness (QED) is 0.563. The Morgan fingerprint density at radius 3 is 2.87 bits per heavy atom. The summed E-state index contributed by atoms with van der Waals surface area (Å²) >= 11 is 1.67. The van der Waals surface area contributed by atoms with Crippen molar-refractivity contribution < 1.29 is 9.53 Å². The van der Waals surface area contributed by atoms with Gasteiger partial charge in [-0.15, -0.1) is 11.3 Å². The Labute approximate surface area is 180 Å². The van der Waals surface area contributed by atoms with E-state index in [9.17, 15) is 9.59 Å². The Bertz CT molecular complexity index is 1150. The van der Waals surface area contributed by atoms with Crippen molar-refractivity contribution in [3.8, 4) is 0 Å². The number of hydrogen-bond acceptors (Lipinski definition) is 5. The fraction of sp³-hybridized carbons (Fsp3) is 0.458. The average molecular weight is 425 g/mol. The summed E-state index contributed by atoms with van der Waals surface area (Å²) in [6.07, 6.45) is 4.71. The van der Waals surface area contributed by atoms with Gasteiger partial charge in [0.1, 0.15) is 4.83 Å². The minimum atomic E-state index is -0.347. The molecular weight excluding hydrogens is 396 g/mol. The maximum absolute atomic E-state index is 13.3. The van der Waals surface area contributed by atoms with Gasteiger partial charge in [-0.1, -0.05) is 32.9 Å². The number of rotatable bonds is 4. The first-order valence-electron chi connectivity index (χ1n) is 10.5. The molecule has 0 bridgehead atoms. The lowest BCUT2D eigenvalue weighted by atomic mass is 9.72. The molecule has 0 fully saturated rings. The van der Waals surface area contributed by atoms with Crippen LogP contribution in [0.4, 0.5) is 0 Å². The number of ether oxygens (including phenoxy) is 1. The van der Waals surface area contributed by atoms with Gasteiger partial charge in [0.05, 0.1) is 30.4 Å². The van der Waals surface area contributed by atoms with Crippen LogP contribution in [0, 0.1) is 11.3 Å². The Hall–Kier alpha value is -2.47. The molecule has 0 amide bonds. The van der Waals surface area contributed by atoms with Gasteiger partial charge in [-0.05, 0) is 60.8 Å². The highest BCUT2D eigenvalue weighted by Crippen LogP contribution is 2.41. The number of esters is 1. The van der Waals surface area contributed by atoms with Gasteiger partial charge in [0, 0.05) is 4.88 Å². The molecule has 2 aromatic heterocycles. The van der Waals surface area contributed by atoms with Crippen LogP contribution in [-0.4, -0.2) is 22.1 Å². The number of fused-ring (bicyclic) bond motifs is 3. The fourth-order valence-corrected chi connectivity index (χ4v) is 5.52. The van der Waals surface area contributed by atoms with E-state index in [0.29, 0.717) is 24.6 Å². The molecule has 30 heavy (non-hydrogen) atoms. The van der Waals surface area contributed by atoms with E-state index in [1.807, 2.05) is 12.1 Å². The molecular formula is C24H28N2O3S. The molecule has 1 aliphatic rings. The van der Waals surface area contributed by atoms with Crippen molar-refractivity contribution in [2.45, 2.75) is 53.5 Å². The number of aryl methyl sites for hydroxylation is 1. The topological polar surface area (TPSA) is 61.2 Å². The van der Waals surface area contributed by atoms with Crippen molar-refractivity contribution in [3.63, 3.8) is 0 Å². The van der Waals surface area contributed by atoms with Gasteiger partial charge in [-0.2, -0.15) is 0 Å². The van der Waals surface area contributed by atoms with E-state index in [4.69, 9.17) is 4.74 Å². The molecule has 0 N–H and O–H groups in total. The molecule has 158 valence electrons. The van der Waals surface area contributed by atoms with Gasteiger partial charge in [0.25, 0.3) is 5.56 Å². The monoisotopic (exact) mass is 424 g/mol. The van der Waals surface area contributed by atoms with Crippen LogP contribution in [-0.2, 0) is 24.1 Å². The van der Waals surface area contributed by atoms with Crippen molar-refractivity contribution in [1.82, 2.24) is 9.55 Å². The number of aromatic nitrogens is 2. The Morgan fingerprint density at radius 2 is 2.13 bits per heavy atom. The lowest BCUT2D eigenvalue weighted by Gasteiger charge is -2.33. The standard InChI is InChI=1S/C24H28N2O3S/c1-5-29-23(28)16-8-6-7-15(11-16)13-26-14-25-21-20(22(26)27)18-10-9-17(24(2,3)4)12-19(18)30-21/h6-8,11,14,17H,5,9-10,12-13H2,1-4H3/t17-/m0/s1. The zero-order valence-electron chi connectivity index (χ0n) is 18.0. The highest BCUT2D eigenvalue weighted by Gasteiger charge is 2.31. The predicted octanol–water partition coefficient (Wildman–Crippen LogP) is 4.83. The SMILES string of the molecule is CCOC(=O)c1cccc(Cn2cnc3sc4c(c3c2=O)CC[C@H](C(C)(C)C)C4)c1. The molecule has 1 aromatic carbocycles. The third-order valence-corrected chi connectivity index (χ3v) is 7.21. The van der Waals surface area contributed by atoms with Crippen molar-refractivity contribution in [2.24, 2.45) is 11.3 Å². The zero-order chi connectivity index (χ0) is 21.5. The Kier molecular flexibility index (Phi) is 5.53. The molecule has 4 rings (SSSR count). The molecule has 0 radical (unpaired) electrons. The summed E-state index contributed by atoms with van der Waals surface area (Å²) in [5.41, 5.74) is 2.85. The van der Waals surface area contributed by atoms with Gasteiger partial charge in [-0.25, -0.2) is 9.78 Å². The fourth-order valence-electron chi connectivity index (χ4n) is 4.26. The van der Waals surface area contributed by atoms with Crippen LogP contribution < -0.4 is 5.56 Å². The molecule has 5 nitrogen and oxygen atoms in total. The summed E-state index contributed by atoms with van der Waals surface area (Å²) in [7, 11) is 0. The van der Waals surface area contributed by atoms with Gasteiger partial charge in [0.2, 0.25) is 0 Å². The van der Waals surface area contributed by atoms with E-state index < -0.39 is 0 Å². The first-order valence-corrected chi connectivity index (χ1v) is 11.3. The Balaban J connectivity index is 1.66. The number of benzene rings is 1. The normalized spacial score (nSPS) is 16.5.